The lowest BCUT2D eigenvalue weighted by Crippen LogP contribution is -2.45. The molecule has 2 rings (SSSR count). The standard InChI is InChI=1S/C13H18ClN3O2/c1-15-12-7-8(6-11(14)17-12)13(19)16-9-4-2-3-5-10(9)18/h6-7,9-10,18H,2-5H2,1H3,(H,15,17)(H,16,19). The van der Waals surface area contributed by atoms with E-state index in [-0.39, 0.29) is 17.1 Å². The number of pyridine rings is 1. The van der Waals surface area contributed by atoms with Crippen LogP contribution in [0.4, 0.5) is 5.82 Å². The molecule has 0 bridgehead atoms. The number of aliphatic hydroxyl groups is 1. The molecule has 0 spiro atoms. The minimum absolute atomic E-state index is 0.175. The van der Waals surface area contributed by atoms with Gasteiger partial charge in [-0.3, -0.25) is 4.79 Å². The molecule has 1 aliphatic carbocycles. The Kier molecular flexibility index (Phi) is 4.61. The van der Waals surface area contributed by atoms with Gasteiger partial charge >= 0.3 is 0 Å². The minimum Gasteiger partial charge on any atom is -0.391 e. The van der Waals surface area contributed by atoms with Gasteiger partial charge in [-0.2, -0.15) is 0 Å². The number of carbonyl (C=O) groups excluding carboxylic acids is 1. The third-order valence-electron chi connectivity index (χ3n) is 3.36. The van der Waals surface area contributed by atoms with E-state index in [9.17, 15) is 9.90 Å². The van der Waals surface area contributed by atoms with Gasteiger partial charge in [0.25, 0.3) is 5.91 Å². The number of amides is 1. The summed E-state index contributed by atoms with van der Waals surface area (Å²) in [6, 6.07) is 2.98. The van der Waals surface area contributed by atoms with Crippen LogP contribution in [0.15, 0.2) is 12.1 Å². The summed E-state index contributed by atoms with van der Waals surface area (Å²) < 4.78 is 0. The third-order valence-corrected chi connectivity index (χ3v) is 3.55. The van der Waals surface area contributed by atoms with E-state index in [2.05, 4.69) is 15.6 Å². The van der Waals surface area contributed by atoms with Crippen molar-refractivity contribution in [2.24, 2.45) is 0 Å². The maximum absolute atomic E-state index is 12.1. The van der Waals surface area contributed by atoms with Gasteiger partial charge in [-0.25, -0.2) is 4.98 Å². The SMILES string of the molecule is CNc1cc(C(=O)NC2CCCCC2O)cc(Cl)n1. The molecule has 2 atom stereocenters. The van der Waals surface area contributed by atoms with Crippen LogP contribution in [0.1, 0.15) is 36.0 Å². The van der Waals surface area contributed by atoms with Crippen molar-refractivity contribution < 1.29 is 9.90 Å². The number of carbonyl (C=O) groups is 1. The predicted molar refractivity (Wildman–Crippen MR) is 74.5 cm³/mol. The molecular formula is C13H18ClN3O2. The minimum atomic E-state index is -0.459. The number of hydrogen-bond acceptors (Lipinski definition) is 4. The molecule has 104 valence electrons. The monoisotopic (exact) mass is 283 g/mol. The van der Waals surface area contributed by atoms with E-state index in [1.807, 2.05) is 0 Å². The molecule has 1 heterocycles. The van der Waals surface area contributed by atoms with Crippen molar-refractivity contribution in [3.63, 3.8) is 0 Å². The zero-order valence-corrected chi connectivity index (χ0v) is 11.6. The lowest BCUT2D eigenvalue weighted by Gasteiger charge is -2.28. The fourth-order valence-electron chi connectivity index (χ4n) is 2.29. The van der Waals surface area contributed by atoms with E-state index in [0.29, 0.717) is 11.4 Å². The Morgan fingerprint density at radius 3 is 2.84 bits per heavy atom. The summed E-state index contributed by atoms with van der Waals surface area (Å²) in [4.78, 5) is 16.2. The molecule has 3 N–H and O–H groups in total. The van der Waals surface area contributed by atoms with E-state index >= 15 is 0 Å². The van der Waals surface area contributed by atoms with Crippen molar-refractivity contribution in [2.75, 3.05) is 12.4 Å². The Labute approximate surface area is 117 Å². The highest BCUT2D eigenvalue weighted by Gasteiger charge is 2.25. The first kappa shape index (κ1) is 14.1. The van der Waals surface area contributed by atoms with Crippen molar-refractivity contribution in [1.82, 2.24) is 10.3 Å². The Hall–Kier alpha value is -1.33. The van der Waals surface area contributed by atoms with Crippen LogP contribution in [-0.2, 0) is 0 Å². The number of aliphatic hydroxyl groups excluding tert-OH is 1. The number of halogens is 1. The molecule has 1 aromatic rings. The fraction of sp³-hybridized carbons (Fsp3) is 0.538. The number of hydrogen-bond donors (Lipinski definition) is 3. The third kappa shape index (κ3) is 3.58. The van der Waals surface area contributed by atoms with Crippen LogP contribution in [0.5, 0.6) is 0 Å². The molecule has 1 aliphatic rings. The summed E-state index contributed by atoms with van der Waals surface area (Å²) in [5.41, 5.74) is 0.446. The maximum atomic E-state index is 12.1. The zero-order valence-electron chi connectivity index (χ0n) is 10.8. The summed E-state index contributed by atoms with van der Waals surface area (Å²) in [5.74, 6) is 0.314. The number of nitrogens with zero attached hydrogens (tertiary/aromatic N) is 1. The maximum Gasteiger partial charge on any atom is 0.251 e. The van der Waals surface area contributed by atoms with E-state index in [0.717, 1.165) is 25.7 Å². The quantitative estimate of drug-likeness (QED) is 0.740. The second-order valence-corrected chi connectivity index (χ2v) is 5.13. The Balaban J connectivity index is 2.08. The lowest BCUT2D eigenvalue weighted by atomic mass is 9.92. The van der Waals surface area contributed by atoms with Crippen LogP contribution >= 0.6 is 11.6 Å². The molecule has 0 saturated heterocycles. The molecule has 1 amide bonds. The second kappa shape index (κ2) is 6.21. The van der Waals surface area contributed by atoms with E-state index in [1.165, 1.54) is 6.07 Å². The first-order valence-corrected chi connectivity index (χ1v) is 6.82. The van der Waals surface area contributed by atoms with Crippen molar-refractivity contribution in [2.45, 2.75) is 37.8 Å². The van der Waals surface area contributed by atoms with Gasteiger partial charge in [0.05, 0.1) is 12.1 Å². The molecule has 6 heteroatoms. The molecule has 0 aliphatic heterocycles. The Morgan fingerprint density at radius 1 is 1.42 bits per heavy atom. The Bertz CT molecular complexity index is 467. The van der Waals surface area contributed by atoms with E-state index < -0.39 is 6.10 Å². The molecule has 19 heavy (non-hydrogen) atoms. The highest BCUT2D eigenvalue weighted by Crippen LogP contribution is 2.20. The first-order valence-electron chi connectivity index (χ1n) is 6.44. The normalized spacial score (nSPS) is 22.9. The summed E-state index contributed by atoms with van der Waals surface area (Å²) in [5, 5.41) is 15.8. The lowest BCUT2D eigenvalue weighted by molar-refractivity contribution is 0.0717. The summed E-state index contributed by atoms with van der Waals surface area (Å²) in [6.07, 6.45) is 3.13. The van der Waals surface area contributed by atoms with Crippen molar-refractivity contribution in [1.29, 1.82) is 0 Å². The average molecular weight is 284 g/mol. The van der Waals surface area contributed by atoms with Crippen LogP contribution in [0.2, 0.25) is 5.15 Å². The van der Waals surface area contributed by atoms with Crippen LogP contribution in [0, 0.1) is 0 Å². The van der Waals surface area contributed by atoms with Gasteiger partial charge in [0, 0.05) is 12.6 Å². The highest BCUT2D eigenvalue weighted by atomic mass is 35.5. The fourth-order valence-corrected chi connectivity index (χ4v) is 2.50. The molecule has 5 nitrogen and oxygen atoms in total. The molecule has 1 saturated carbocycles. The van der Waals surface area contributed by atoms with Gasteiger partial charge < -0.3 is 15.7 Å². The van der Waals surface area contributed by atoms with E-state index in [1.54, 1.807) is 13.1 Å². The van der Waals surface area contributed by atoms with Crippen molar-refractivity contribution in [3.05, 3.63) is 22.8 Å². The average Bonchev–Trinajstić information content (AvgIpc) is 2.40. The van der Waals surface area contributed by atoms with Crippen molar-refractivity contribution >= 4 is 23.3 Å². The first-order chi connectivity index (χ1) is 9.10. The predicted octanol–water partition coefficient (Wildman–Crippen LogP) is 1.81. The zero-order chi connectivity index (χ0) is 13.8. The van der Waals surface area contributed by atoms with Crippen LogP contribution in [-0.4, -0.2) is 35.2 Å². The molecular weight excluding hydrogens is 266 g/mol. The molecule has 1 fully saturated rings. The van der Waals surface area contributed by atoms with Crippen molar-refractivity contribution in [3.8, 4) is 0 Å². The van der Waals surface area contributed by atoms with E-state index in [4.69, 9.17) is 11.6 Å². The summed E-state index contributed by atoms with van der Waals surface area (Å²) in [6.45, 7) is 0. The van der Waals surface area contributed by atoms with Gasteiger partial charge in [-0.05, 0) is 25.0 Å². The van der Waals surface area contributed by atoms with Crippen LogP contribution in [0.25, 0.3) is 0 Å². The number of aromatic nitrogens is 1. The highest BCUT2D eigenvalue weighted by molar-refractivity contribution is 6.29. The topological polar surface area (TPSA) is 74.2 Å². The molecule has 1 aromatic heterocycles. The summed E-state index contributed by atoms with van der Waals surface area (Å²) >= 11 is 5.86. The van der Waals surface area contributed by atoms with Gasteiger partial charge in [0.1, 0.15) is 11.0 Å². The molecule has 2 unspecified atom stereocenters. The largest absolute Gasteiger partial charge is 0.391 e. The molecule has 0 aromatic carbocycles. The molecule has 0 radical (unpaired) electrons. The van der Waals surface area contributed by atoms with Gasteiger partial charge in [0.2, 0.25) is 0 Å². The van der Waals surface area contributed by atoms with Crippen LogP contribution < -0.4 is 10.6 Å². The Morgan fingerprint density at radius 2 is 2.16 bits per heavy atom. The smallest absolute Gasteiger partial charge is 0.251 e. The number of nitrogens with one attached hydrogen (secondary N) is 2. The number of rotatable bonds is 3. The second-order valence-electron chi connectivity index (χ2n) is 4.75. The summed E-state index contributed by atoms with van der Waals surface area (Å²) in [7, 11) is 1.71. The van der Waals surface area contributed by atoms with Crippen LogP contribution in [0.3, 0.4) is 0 Å². The van der Waals surface area contributed by atoms with Gasteiger partial charge in [-0.15, -0.1) is 0 Å². The van der Waals surface area contributed by atoms with Gasteiger partial charge in [-0.1, -0.05) is 24.4 Å². The van der Waals surface area contributed by atoms with Gasteiger partial charge in [0.15, 0.2) is 0 Å². The number of anilines is 1.